The van der Waals surface area contributed by atoms with Crippen LogP contribution in [-0.2, 0) is 26.2 Å². The van der Waals surface area contributed by atoms with E-state index < -0.39 is 28.5 Å². The van der Waals surface area contributed by atoms with E-state index in [4.69, 9.17) is 21.1 Å². The first-order chi connectivity index (χ1) is 20.0. The number of anilines is 1. The molecule has 0 spiro atoms. The Labute approximate surface area is 253 Å². The van der Waals surface area contributed by atoms with Crippen LogP contribution in [0.4, 0.5) is 5.69 Å². The van der Waals surface area contributed by atoms with Crippen molar-refractivity contribution in [2.75, 3.05) is 25.1 Å². The van der Waals surface area contributed by atoms with Gasteiger partial charge in [-0.2, -0.15) is 0 Å². The van der Waals surface area contributed by atoms with Gasteiger partial charge >= 0.3 is 0 Å². The van der Waals surface area contributed by atoms with Gasteiger partial charge in [-0.3, -0.25) is 13.9 Å². The van der Waals surface area contributed by atoms with Crippen molar-refractivity contribution in [3.05, 3.63) is 83.4 Å². The predicted octanol–water partition coefficient (Wildman–Crippen LogP) is 5.27. The minimum atomic E-state index is -4.21. The third-order valence-electron chi connectivity index (χ3n) is 6.91. The second-order valence-corrected chi connectivity index (χ2v) is 12.1. The van der Waals surface area contributed by atoms with Crippen LogP contribution in [0.25, 0.3) is 0 Å². The summed E-state index contributed by atoms with van der Waals surface area (Å²) in [5, 5.41) is 3.38. The lowest BCUT2D eigenvalue weighted by atomic mass is 10.1. The SMILES string of the molecule is CC[C@H](C(=O)N[C@@H](C)CC)N(Cc1cccc(OC)c1)C(=O)CN(c1ccc(Cl)cc1)S(=O)(=O)c1ccc(OC)cc1. The fourth-order valence-corrected chi connectivity index (χ4v) is 5.88. The second kappa shape index (κ2) is 14.9. The molecule has 42 heavy (non-hydrogen) atoms. The lowest BCUT2D eigenvalue weighted by Crippen LogP contribution is -2.53. The summed E-state index contributed by atoms with van der Waals surface area (Å²) >= 11 is 6.09. The number of carbonyl (C=O) groups is 2. The highest BCUT2D eigenvalue weighted by atomic mass is 35.5. The highest BCUT2D eigenvalue weighted by Crippen LogP contribution is 2.27. The summed E-state index contributed by atoms with van der Waals surface area (Å²) in [6.07, 6.45) is 1.04. The molecule has 226 valence electrons. The highest BCUT2D eigenvalue weighted by molar-refractivity contribution is 7.92. The molecule has 0 bridgehead atoms. The van der Waals surface area contributed by atoms with Gasteiger partial charge in [0.25, 0.3) is 10.0 Å². The van der Waals surface area contributed by atoms with Crippen molar-refractivity contribution in [1.82, 2.24) is 10.2 Å². The van der Waals surface area contributed by atoms with Gasteiger partial charge in [0.2, 0.25) is 11.8 Å². The normalized spacial score (nSPS) is 12.6. The first kappa shape index (κ1) is 32.8. The van der Waals surface area contributed by atoms with E-state index in [-0.39, 0.29) is 29.1 Å². The van der Waals surface area contributed by atoms with Crippen LogP contribution in [0, 0.1) is 0 Å². The molecule has 11 heteroatoms. The molecule has 0 heterocycles. The van der Waals surface area contributed by atoms with Crippen LogP contribution >= 0.6 is 11.6 Å². The molecule has 0 aliphatic rings. The minimum absolute atomic E-state index is 0.0213. The maximum absolute atomic E-state index is 14.2. The van der Waals surface area contributed by atoms with E-state index in [0.717, 1.165) is 16.3 Å². The Bertz CT molecular complexity index is 1450. The van der Waals surface area contributed by atoms with Crippen LogP contribution in [-0.4, -0.2) is 58.0 Å². The Balaban J connectivity index is 2.06. The number of nitrogens with zero attached hydrogens (tertiary/aromatic N) is 2. The van der Waals surface area contributed by atoms with E-state index in [2.05, 4.69) is 5.32 Å². The fourth-order valence-electron chi connectivity index (χ4n) is 4.34. The third-order valence-corrected chi connectivity index (χ3v) is 8.95. The number of ether oxygens (including phenoxy) is 2. The average molecular weight is 616 g/mol. The average Bonchev–Trinajstić information content (AvgIpc) is 3.00. The van der Waals surface area contributed by atoms with Gasteiger partial charge in [0.15, 0.2) is 0 Å². The van der Waals surface area contributed by atoms with E-state index >= 15 is 0 Å². The van der Waals surface area contributed by atoms with Crippen molar-refractivity contribution in [3.8, 4) is 11.5 Å². The fraction of sp³-hybridized carbons (Fsp3) is 0.355. The topological polar surface area (TPSA) is 105 Å². The summed E-state index contributed by atoms with van der Waals surface area (Å²) in [6, 6.07) is 18.4. The van der Waals surface area contributed by atoms with Gasteiger partial charge in [-0.05, 0) is 86.0 Å². The molecular formula is C31H38ClN3O6S. The molecule has 3 rings (SSSR count). The molecule has 0 saturated heterocycles. The van der Waals surface area contributed by atoms with Crippen molar-refractivity contribution in [1.29, 1.82) is 0 Å². The molecule has 0 radical (unpaired) electrons. The van der Waals surface area contributed by atoms with Crippen molar-refractivity contribution in [2.24, 2.45) is 0 Å². The molecule has 3 aromatic carbocycles. The third kappa shape index (κ3) is 8.17. The highest BCUT2D eigenvalue weighted by Gasteiger charge is 2.34. The molecular weight excluding hydrogens is 578 g/mol. The van der Waals surface area contributed by atoms with Gasteiger partial charge in [-0.1, -0.05) is 37.6 Å². The summed E-state index contributed by atoms with van der Waals surface area (Å²) < 4.78 is 39.5. The van der Waals surface area contributed by atoms with Gasteiger partial charge in [-0.15, -0.1) is 0 Å². The maximum atomic E-state index is 14.2. The number of sulfonamides is 1. The zero-order valence-electron chi connectivity index (χ0n) is 24.5. The monoisotopic (exact) mass is 615 g/mol. The van der Waals surface area contributed by atoms with Gasteiger partial charge in [0.1, 0.15) is 24.1 Å². The molecule has 2 amide bonds. The van der Waals surface area contributed by atoms with E-state index in [9.17, 15) is 18.0 Å². The lowest BCUT2D eigenvalue weighted by molar-refractivity contribution is -0.140. The molecule has 0 aromatic heterocycles. The number of amides is 2. The molecule has 0 aliphatic carbocycles. The number of carbonyl (C=O) groups excluding carboxylic acids is 2. The largest absolute Gasteiger partial charge is 0.497 e. The second-order valence-electron chi connectivity index (χ2n) is 9.78. The Morgan fingerprint density at radius 2 is 1.55 bits per heavy atom. The Morgan fingerprint density at radius 3 is 2.12 bits per heavy atom. The van der Waals surface area contributed by atoms with E-state index in [0.29, 0.717) is 22.9 Å². The quantitative estimate of drug-likeness (QED) is 0.265. The summed E-state index contributed by atoms with van der Waals surface area (Å²) in [5.41, 5.74) is 0.982. The van der Waals surface area contributed by atoms with Crippen molar-refractivity contribution in [2.45, 2.75) is 57.1 Å². The van der Waals surface area contributed by atoms with Crippen molar-refractivity contribution >= 4 is 39.1 Å². The lowest BCUT2D eigenvalue weighted by Gasteiger charge is -2.33. The van der Waals surface area contributed by atoms with E-state index in [1.165, 1.54) is 48.4 Å². The van der Waals surface area contributed by atoms with Gasteiger partial charge in [0.05, 0.1) is 24.8 Å². The zero-order valence-corrected chi connectivity index (χ0v) is 26.1. The Kier molecular flexibility index (Phi) is 11.6. The molecule has 3 aromatic rings. The Morgan fingerprint density at radius 1 is 0.905 bits per heavy atom. The number of hydrogen-bond acceptors (Lipinski definition) is 6. The first-order valence-electron chi connectivity index (χ1n) is 13.7. The van der Waals surface area contributed by atoms with Crippen LogP contribution in [0.3, 0.4) is 0 Å². The number of halogens is 1. The summed E-state index contributed by atoms with van der Waals surface area (Å²) in [5.74, 6) is 0.239. The first-order valence-corrected chi connectivity index (χ1v) is 15.5. The summed E-state index contributed by atoms with van der Waals surface area (Å²) in [6.45, 7) is 5.19. The van der Waals surface area contributed by atoms with E-state index in [1.54, 1.807) is 37.4 Å². The minimum Gasteiger partial charge on any atom is -0.497 e. The number of benzene rings is 3. The van der Waals surface area contributed by atoms with Crippen LogP contribution in [0.15, 0.2) is 77.7 Å². The van der Waals surface area contributed by atoms with Gasteiger partial charge in [0, 0.05) is 17.6 Å². The molecule has 1 N–H and O–H groups in total. The summed E-state index contributed by atoms with van der Waals surface area (Å²) in [7, 11) is -1.18. The molecule has 9 nitrogen and oxygen atoms in total. The number of hydrogen-bond donors (Lipinski definition) is 1. The van der Waals surface area contributed by atoms with Crippen LogP contribution in [0.5, 0.6) is 11.5 Å². The maximum Gasteiger partial charge on any atom is 0.264 e. The van der Waals surface area contributed by atoms with Crippen LogP contribution in [0.1, 0.15) is 39.2 Å². The van der Waals surface area contributed by atoms with E-state index in [1.807, 2.05) is 26.8 Å². The summed E-state index contributed by atoms with van der Waals surface area (Å²) in [4.78, 5) is 28.9. The molecule has 0 unspecified atom stereocenters. The zero-order chi connectivity index (χ0) is 30.9. The Hall–Kier alpha value is -3.76. The van der Waals surface area contributed by atoms with Crippen LogP contribution < -0.4 is 19.1 Å². The predicted molar refractivity (Wildman–Crippen MR) is 164 cm³/mol. The number of rotatable bonds is 14. The molecule has 0 fully saturated rings. The smallest absolute Gasteiger partial charge is 0.264 e. The van der Waals surface area contributed by atoms with Crippen LogP contribution in [0.2, 0.25) is 5.02 Å². The number of methoxy groups -OCH3 is 2. The van der Waals surface area contributed by atoms with Crippen molar-refractivity contribution in [3.63, 3.8) is 0 Å². The van der Waals surface area contributed by atoms with Gasteiger partial charge in [-0.25, -0.2) is 8.42 Å². The molecule has 2 atom stereocenters. The standard InChI is InChI=1S/C31H38ClN3O6S/c1-6-22(3)33-31(37)29(7-2)34(20-23-9-8-10-27(19-23)41-5)30(36)21-35(25-13-11-24(32)12-14-25)42(38,39)28-17-15-26(40-4)16-18-28/h8-19,22,29H,6-7,20-21H2,1-5H3,(H,33,37)/t22-,29+/m0/s1. The molecule has 0 aliphatic heterocycles. The molecule has 0 saturated carbocycles. The van der Waals surface area contributed by atoms with Gasteiger partial charge < -0.3 is 19.7 Å². The number of nitrogens with one attached hydrogen (secondary N) is 1. The van der Waals surface area contributed by atoms with Crippen molar-refractivity contribution < 1.29 is 27.5 Å².